The molecule has 0 aliphatic heterocycles. The minimum atomic E-state index is 0.0750. The second kappa shape index (κ2) is 7.19. The predicted octanol–water partition coefficient (Wildman–Crippen LogP) is 5.17. The quantitative estimate of drug-likeness (QED) is 0.510. The smallest absolute Gasteiger partial charge is 0.168 e. The molecular weight excluding hydrogens is 320 g/mol. The van der Waals surface area contributed by atoms with Gasteiger partial charge < -0.3 is 4.98 Å². The Bertz CT molecular complexity index is 1010. The lowest BCUT2D eigenvalue weighted by atomic mass is 10.0. The number of nitrogens with one attached hydrogen (secondary N) is 1. The molecule has 126 valence electrons. The molecule has 0 atom stereocenters. The van der Waals surface area contributed by atoms with Crippen LogP contribution in [0.15, 0.2) is 91.0 Å². The van der Waals surface area contributed by atoms with Crippen LogP contribution < -0.4 is 0 Å². The molecule has 1 heterocycles. The zero-order chi connectivity index (χ0) is 17.8. The highest BCUT2D eigenvalue weighted by atomic mass is 16.1. The Hall–Kier alpha value is -3.46. The van der Waals surface area contributed by atoms with E-state index >= 15 is 0 Å². The Morgan fingerprint density at radius 1 is 0.731 bits per heavy atom. The van der Waals surface area contributed by atoms with E-state index in [0.29, 0.717) is 5.56 Å². The molecule has 4 rings (SSSR count). The van der Waals surface area contributed by atoms with Crippen molar-refractivity contribution in [2.45, 2.75) is 6.42 Å². The first kappa shape index (κ1) is 16.0. The summed E-state index contributed by atoms with van der Waals surface area (Å²) in [6.45, 7) is 0. The van der Waals surface area contributed by atoms with Gasteiger partial charge in [0.15, 0.2) is 5.78 Å². The first-order valence-corrected chi connectivity index (χ1v) is 8.59. The second-order valence-corrected chi connectivity index (χ2v) is 6.11. The van der Waals surface area contributed by atoms with Crippen molar-refractivity contribution in [3.8, 4) is 22.6 Å². The van der Waals surface area contributed by atoms with Crippen LogP contribution in [-0.4, -0.2) is 15.8 Å². The van der Waals surface area contributed by atoms with Crippen molar-refractivity contribution < 1.29 is 4.79 Å². The molecule has 0 bridgehead atoms. The third kappa shape index (κ3) is 3.33. The third-order valence-corrected chi connectivity index (χ3v) is 4.31. The van der Waals surface area contributed by atoms with Crippen LogP contribution in [0, 0.1) is 0 Å². The summed E-state index contributed by atoms with van der Waals surface area (Å²) in [6, 6.07) is 29.3. The van der Waals surface area contributed by atoms with Gasteiger partial charge in [0.25, 0.3) is 0 Å². The summed E-state index contributed by atoms with van der Waals surface area (Å²) in [5.74, 6) is 0.853. The normalized spacial score (nSPS) is 10.6. The second-order valence-electron chi connectivity index (χ2n) is 6.11. The van der Waals surface area contributed by atoms with Gasteiger partial charge in [0, 0.05) is 16.7 Å². The summed E-state index contributed by atoms with van der Waals surface area (Å²) >= 11 is 0. The number of aromatic amines is 1. The number of hydrogen-bond donors (Lipinski definition) is 1. The summed E-state index contributed by atoms with van der Waals surface area (Å²) < 4.78 is 0. The first-order valence-electron chi connectivity index (χ1n) is 8.59. The average molecular weight is 338 g/mol. The number of hydrogen-bond acceptors (Lipinski definition) is 2. The van der Waals surface area contributed by atoms with Crippen LogP contribution in [0.2, 0.25) is 0 Å². The Labute approximate surface area is 152 Å². The number of Topliss-reactive ketones (excluding diaryl/α,β-unsaturated/α-hetero) is 1. The molecule has 3 aromatic carbocycles. The lowest BCUT2D eigenvalue weighted by Crippen LogP contribution is -2.04. The number of imidazole rings is 1. The number of ketones is 1. The van der Waals surface area contributed by atoms with Gasteiger partial charge in [-0.1, -0.05) is 91.0 Å². The van der Waals surface area contributed by atoms with E-state index in [1.165, 1.54) is 0 Å². The van der Waals surface area contributed by atoms with E-state index in [2.05, 4.69) is 4.98 Å². The van der Waals surface area contributed by atoms with Crippen LogP contribution in [0.25, 0.3) is 22.6 Å². The molecule has 3 nitrogen and oxygen atoms in total. The fourth-order valence-corrected chi connectivity index (χ4v) is 2.99. The SMILES string of the molecule is O=C(Cc1[nH]c(-c2ccccc2)nc1-c1ccccc1)c1ccccc1. The maximum Gasteiger partial charge on any atom is 0.168 e. The fourth-order valence-electron chi connectivity index (χ4n) is 2.99. The molecule has 0 fully saturated rings. The van der Waals surface area contributed by atoms with Crippen molar-refractivity contribution in [1.29, 1.82) is 0 Å². The summed E-state index contributed by atoms with van der Waals surface area (Å²) in [5, 5.41) is 0. The van der Waals surface area contributed by atoms with Crippen LogP contribution in [0.4, 0.5) is 0 Å². The zero-order valence-corrected chi connectivity index (χ0v) is 14.2. The fraction of sp³-hybridized carbons (Fsp3) is 0.0435. The van der Waals surface area contributed by atoms with Gasteiger partial charge in [0.1, 0.15) is 5.82 Å². The van der Waals surface area contributed by atoms with Crippen LogP contribution >= 0.6 is 0 Å². The molecule has 0 unspecified atom stereocenters. The molecule has 4 aromatic rings. The minimum absolute atomic E-state index is 0.0750. The molecular formula is C23H18N2O. The maximum absolute atomic E-state index is 12.7. The molecule has 0 saturated heterocycles. The molecule has 3 heteroatoms. The monoisotopic (exact) mass is 338 g/mol. The molecule has 0 amide bonds. The van der Waals surface area contributed by atoms with E-state index in [0.717, 1.165) is 28.3 Å². The highest BCUT2D eigenvalue weighted by Gasteiger charge is 2.17. The standard InChI is InChI=1S/C23H18N2O/c26-21(17-10-4-1-5-11-17)16-20-22(18-12-6-2-7-13-18)25-23(24-20)19-14-8-3-9-15-19/h1-15H,16H2,(H,24,25). The van der Waals surface area contributed by atoms with Gasteiger partial charge >= 0.3 is 0 Å². The van der Waals surface area contributed by atoms with Crippen LogP contribution in [0.1, 0.15) is 16.1 Å². The van der Waals surface area contributed by atoms with Crippen molar-refractivity contribution >= 4 is 5.78 Å². The topological polar surface area (TPSA) is 45.8 Å². The first-order chi connectivity index (χ1) is 12.8. The van der Waals surface area contributed by atoms with Gasteiger partial charge in [-0.25, -0.2) is 4.98 Å². The molecule has 0 saturated carbocycles. The van der Waals surface area contributed by atoms with Gasteiger partial charge in [-0.3, -0.25) is 4.79 Å². The van der Waals surface area contributed by atoms with Crippen molar-refractivity contribution in [3.63, 3.8) is 0 Å². The molecule has 0 aliphatic carbocycles. The van der Waals surface area contributed by atoms with E-state index in [9.17, 15) is 4.79 Å². The van der Waals surface area contributed by atoms with Gasteiger partial charge in [-0.05, 0) is 0 Å². The lowest BCUT2D eigenvalue weighted by molar-refractivity contribution is 0.0992. The summed E-state index contributed by atoms with van der Waals surface area (Å²) in [6.07, 6.45) is 0.286. The van der Waals surface area contributed by atoms with Crippen molar-refractivity contribution in [3.05, 3.63) is 102 Å². The van der Waals surface area contributed by atoms with Gasteiger partial charge in [0.05, 0.1) is 17.8 Å². The van der Waals surface area contributed by atoms with Crippen molar-refractivity contribution in [1.82, 2.24) is 9.97 Å². The number of carbonyl (C=O) groups excluding carboxylic acids is 1. The molecule has 0 spiro atoms. The number of rotatable bonds is 5. The summed E-state index contributed by atoms with van der Waals surface area (Å²) in [7, 11) is 0. The summed E-state index contributed by atoms with van der Waals surface area (Å²) in [4.78, 5) is 20.9. The largest absolute Gasteiger partial charge is 0.341 e. The maximum atomic E-state index is 12.7. The number of carbonyl (C=O) groups is 1. The van der Waals surface area contributed by atoms with E-state index in [4.69, 9.17) is 4.98 Å². The van der Waals surface area contributed by atoms with Gasteiger partial charge in [0.2, 0.25) is 0 Å². The van der Waals surface area contributed by atoms with Crippen LogP contribution in [0.3, 0.4) is 0 Å². The molecule has 0 aliphatic rings. The minimum Gasteiger partial charge on any atom is -0.341 e. The number of H-pyrrole nitrogens is 1. The molecule has 26 heavy (non-hydrogen) atoms. The molecule has 1 N–H and O–H groups in total. The van der Waals surface area contributed by atoms with Crippen LogP contribution in [0.5, 0.6) is 0 Å². The van der Waals surface area contributed by atoms with Crippen molar-refractivity contribution in [2.75, 3.05) is 0 Å². The molecule has 0 radical (unpaired) electrons. The van der Waals surface area contributed by atoms with Crippen molar-refractivity contribution in [2.24, 2.45) is 0 Å². The third-order valence-electron chi connectivity index (χ3n) is 4.31. The predicted molar refractivity (Wildman–Crippen MR) is 104 cm³/mol. The van der Waals surface area contributed by atoms with Gasteiger partial charge in [-0.2, -0.15) is 0 Å². The van der Waals surface area contributed by atoms with E-state index < -0.39 is 0 Å². The van der Waals surface area contributed by atoms with E-state index in [1.807, 2.05) is 91.0 Å². The molecule has 1 aromatic heterocycles. The highest BCUT2D eigenvalue weighted by molar-refractivity contribution is 5.98. The average Bonchev–Trinajstić information content (AvgIpc) is 3.14. The number of nitrogens with zero attached hydrogens (tertiary/aromatic N) is 1. The van der Waals surface area contributed by atoms with E-state index in [-0.39, 0.29) is 12.2 Å². The lowest BCUT2D eigenvalue weighted by Gasteiger charge is -2.03. The van der Waals surface area contributed by atoms with Gasteiger partial charge in [-0.15, -0.1) is 0 Å². The highest BCUT2D eigenvalue weighted by Crippen LogP contribution is 2.27. The number of benzene rings is 3. The number of aromatic nitrogens is 2. The van der Waals surface area contributed by atoms with Crippen LogP contribution in [-0.2, 0) is 6.42 Å². The van der Waals surface area contributed by atoms with E-state index in [1.54, 1.807) is 0 Å². The summed E-state index contributed by atoms with van der Waals surface area (Å²) in [5.41, 5.74) is 4.38. The Morgan fingerprint density at radius 3 is 1.88 bits per heavy atom. The Kier molecular flexibility index (Phi) is 4.44. The Balaban J connectivity index is 1.75. The zero-order valence-electron chi connectivity index (χ0n) is 14.2. The Morgan fingerprint density at radius 2 is 1.27 bits per heavy atom.